The summed E-state index contributed by atoms with van der Waals surface area (Å²) in [6, 6.07) is 19.6. The number of hydrogen-bond acceptors (Lipinski definition) is 4. The number of nitriles is 1. The third-order valence-corrected chi connectivity index (χ3v) is 3.79. The fraction of sp³-hybridized carbons (Fsp3) is 0. The number of benzene rings is 2. The van der Waals surface area contributed by atoms with Crippen LogP contribution in [0.3, 0.4) is 0 Å². The lowest BCUT2D eigenvalue weighted by molar-refractivity contribution is 1.39. The van der Waals surface area contributed by atoms with E-state index in [0.717, 1.165) is 21.3 Å². The van der Waals surface area contributed by atoms with E-state index < -0.39 is 0 Å². The lowest BCUT2D eigenvalue weighted by Gasteiger charge is -2.00. The van der Waals surface area contributed by atoms with E-state index in [2.05, 4.69) is 16.4 Å². The summed E-state index contributed by atoms with van der Waals surface area (Å²) in [7, 11) is 0. The molecular weight excluding hydrogens is 266 g/mol. The largest absolute Gasteiger partial charge is 0.332 e. The van der Waals surface area contributed by atoms with Gasteiger partial charge in [-0.25, -0.2) is 4.98 Å². The fourth-order valence-electron chi connectivity index (χ4n) is 1.82. The van der Waals surface area contributed by atoms with E-state index in [4.69, 9.17) is 5.26 Å². The van der Waals surface area contributed by atoms with Gasteiger partial charge in [-0.05, 0) is 29.8 Å². The molecule has 0 bridgehead atoms. The Bertz CT molecular complexity index is 739. The van der Waals surface area contributed by atoms with Crippen LogP contribution >= 0.6 is 11.3 Å². The Morgan fingerprint density at radius 2 is 1.75 bits per heavy atom. The summed E-state index contributed by atoms with van der Waals surface area (Å²) >= 11 is 1.59. The quantitative estimate of drug-likeness (QED) is 0.770. The minimum absolute atomic E-state index is 0.667. The van der Waals surface area contributed by atoms with Crippen molar-refractivity contribution in [1.29, 1.82) is 5.26 Å². The van der Waals surface area contributed by atoms with Gasteiger partial charge in [0.15, 0.2) is 5.13 Å². The predicted molar refractivity (Wildman–Crippen MR) is 82.0 cm³/mol. The molecule has 0 spiro atoms. The smallest absolute Gasteiger partial charge is 0.187 e. The highest BCUT2D eigenvalue weighted by Crippen LogP contribution is 2.30. The maximum atomic E-state index is 8.80. The molecule has 0 saturated heterocycles. The molecular formula is C16H11N3S. The molecule has 0 unspecified atom stereocenters. The molecule has 0 aliphatic rings. The standard InChI is InChI=1S/C16H11N3S/c17-10-12-6-8-13(9-7-12)15-11-18-16(20-15)19-14-4-2-1-3-5-14/h1-9,11H,(H,18,19). The van der Waals surface area contributed by atoms with Crippen LogP contribution in [0, 0.1) is 11.3 Å². The molecule has 0 fully saturated rings. The van der Waals surface area contributed by atoms with Crippen molar-refractivity contribution in [1.82, 2.24) is 4.98 Å². The predicted octanol–water partition coefficient (Wildman–Crippen LogP) is 4.43. The van der Waals surface area contributed by atoms with Crippen LogP contribution in [0.2, 0.25) is 0 Å². The number of nitrogens with zero attached hydrogens (tertiary/aromatic N) is 2. The topological polar surface area (TPSA) is 48.7 Å². The fourth-order valence-corrected chi connectivity index (χ4v) is 2.66. The van der Waals surface area contributed by atoms with Crippen LogP contribution in [0.25, 0.3) is 10.4 Å². The molecule has 0 amide bonds. The molecule has 1 heterocycles. The number of rotatable bonds is 3. The number of aromatic nitrogens is 1. The number of para-hydroxylation sites is 1. The van der Waals surface area contributed by atoms with Gasteiger partial charge in [-0.3, -0.25) is 0 Å². The van der Waals surface area contributed by atoms with Crippen molar-refractivity contribution in [3.8, 4) is 16.5 Å². The molecule has 4 heteroatoms. The van der Waals surface area contributed by atoms with Crippen molar-refractivity contribution < 1.29 is 0 Å². The first-order chi connectivity index (χ1) is 9.85. The highest BCUT2D eigenvalue weighted by Gasteiger charge is 2.04. The monoisotopic (exact) mass is 277 g/mol. The van der Waals surface area contributed by atoms with Gasteiger partial charge in [0.25, 0.3) is 0 Å². The Hall–Kier alpha value is -2.64. The van der Waals surface area contributed by atoms with Crippen LogP contribution in [0.5, 0.6) is 0 Å². The molecule has 0 aliphatic carbocycles. The molecule has 1 aromatic heterocycles. The van der Waals surface area contributed by atoms with Crippen LogP contribution in [-0.2, 0) is 0 Å². The van der Waals surface area contributed by atoms with Crippen LogP contribution in [0.4, 0.5) is 10.8 Å². The Labute approximate surface area is 121 Å². The van der Waals surface area contributed by atoms with Crippen molar-refractivity contribution in [2.45, 2.75) is 0 Å². The molecule has 1 N–H and O–H groups in total. The Morgan fingerprint density at radius 3 is 2.45 bits per heavy atom. The number of thiazole rings is 1. The first-order valence-corrected chi connectivity index (χ1v) is 6.95. The van der Waals surface area contributed by atoms with Gasteiger partial charge in [-0.15, -0.1) is 0 Å². The molecule has 0 saturated carbocycles. The maximum Gasteiger partial charge on any atom is 0.187 e. The molecule has 0 radical (unpaired) electrons. The lowest BCUT2D eigenvalue weighted by Crippen LogP contribution is -1.87. The molecule has 0 atom stereocenters. The van der Waals surface area contributed by atoms with Gasteiger partial charge in [-0.2, -0.15) is 5.26 Å². The van der Waals surface area contributed by atoms with Crippen molar-refractivity contribution >= 4 is 22.2 Å². The van der Waals surface area contributed by atoms with E-state index >= 15 is 0 Å². The SMILES string of the molecule is N#Cc1ccc(-c2cnc(Nc3ccccc3)s2)cc1. The van der Waals surface area contributed by atoms with Gasteiger partial charge < -0.3 is 5.32 Å². The van der Waals surface area contributed by atoms with Crippen molar-refractivity contribution in [3.05, 3.63) is 66.4 Å². The summed E-state index contributed by atoms with van der Waals surface area (Å²) in [4.78, 5) is 5.45. The van der Waals surface area contributed by atoms with Crippen molar-refractivity contribution in [3.63, 3.8) is 0 Å². The summed E-state index contributed by atoms with van der Waals surface area (Å²) in [5.41, 5.74) is 2.76. The van der Waals surface area contributed by atoms with Crippen molar-refractivity contribution in [2.75, 3.05) is 5.32 Å². The second-order valence-corrected chi connectivity index (χ2v) is 5.24. The van der Waals surface area contributed by atoms with E-state index in [-0.39, 0.29) is 0 Å². The van der Waals surface area contributed by atoms with E-state index in [1.807, 2.05) is 60.8 Å². The second kappa shape index (κ2) is 5.55. The van der Waals surface area contributed by atoms with Gasteiger partial charge in [0.05, 0.1) is 16.5 Å². The van der Waals surface area contributed by atoms with Crippen LogP contribution in [-0.4, -0.2) is 4.98 Å². The zero-order valence-electron chi connectivity index (χ0n) is 10.6. The summed E-state index contributed by atoms with van der Waals surface area (Å²) in [5, 5.41) is 12.9. The third-order valence-electron chi connectivity index (χ3n) is 2.83. The zero-order chi connectivity index (χ0) is 13.8. The van der Waals surface area contributed by atoms with Gasteiger partial charge in [0, 0.05) is 11.9 Å². The first-order valence-electron chi connectivity index (χ1n) is 6.13. The molecule has 2 aromatic carbocycles. The average Bonchev–Trinajstić information content (AvgIpc) is 2.97. The molecule has 3 nitrogen and oxygen atoms in total. The first kappa shape index (κ1) is 12.4. The molecule has 3 aromatic rings. The van der Waals surface area contributed by atoms with E-state index in [0.29, 0.717) is 5.56 Å². The Kier molecular flexibility index (Phi) is 3.44. The lowest BCUT2D eigenvalue weighted by atomic mass is 10.1. The normalized spacial score (nSPS) is 9.95. The summed E-state index contributed by atoms with van der Waals surface area (Å²) in [5.74, 6) is 0. The zero-order valence-corrected chi connectivity index (χ0v) is 11.4. The second-order valence-electron chi connectivity index (χ2n) is 4.21. The number of nitrogens with one attached hydrogen (secondary N) is 1. The maximum absolute atomic E-state index is 8.80. The van der Waals surface area contributed by atoms with Gasteiger partial charge in [0.2, 0.25) is 0 Å². The van der Waals surface area contributed by atoms with Gasteiger partial charge in [-0.1, -0.05) is 41.7 Å². The van der Waals surface area contributed by atoms with Crippen LogP contribution in [0.15, 0.2) is 60.8 Å². The Balaban J connectivity index is 1.81. The number of hydrogen-bond donors (Lipinski definition) is 1. The summed E-state index contributed by atoms with van der Waals surface area (Å²) in [6.45, 7) is 0. The minimum atomic E-state index is 0.667. The average molecular weight is 277 g/mol. The van der Waals surface area contributed by atoms with Crippen LogP contribution < -0.4 is 5.32 Å². The highest BCUT2D eigenvalue weighted by molar-refractivity contribution is 7.18. The molecule has 20 heavy (non-hydrogen) atoms. The molecule has 96 valence electrons. The molecule has 3 rings (SSSR count). The summed E-state index contributed by atoms with van der Waals surface area (Å²) in [6.07, 6.45) is 1.84. The highest BCUT2D eigenvalue weighted by atomic mass is 32.1. The van der Waals surface area contributed by atoms with Gasteiger partial charge in [0.1, 0.15) is 0 Å². The number of anilines is 2. The molecule has 0 aliphatic heterocycles. The van der Waals surface area contributed by atoms with E-state index in [1.165, 1.54) is 0 Å². The third kappa shape index (κ3) is 2.68. The van der Waals surface area contributed by atoms with Crippen LogP contribution in [0.1, 0.15) is 5.56 Å². The minimum Gasteiger partial charge on any atom is -0.332 e. The Morgan fingerprint density at radius 1 is 1.00 bits per heavy atom. The van der Waals surface area contributed by atoms with Gasteiger partial charge >= 0.3 is 0 Å². The van der Waals surface area contributed by atoms with E-state index in [9.17, 15) is 0 Å². The van der Waals surface area contributed by atoms with E-state index in [1.54, 1.807) is 11.3 Å². The summed E-state index contributed by atoms with van der Waals surface area (Å²) < 4.78 is 0. The van der Waals surface area contributed by atoms with Crippen molar-refractivity contribution in [2.24, 2.45) is 0 Å².